The number of nitrogens with zero attached hydrogens (tertiary/aromatic N) is 1. The lowest BCUT2D eigenvalue weighted by Crippen LogP contribution is -2.37. The first kappa shape index (κ1) is 7.28. The first-order valence-electron chi connectivity index (χ1n) is 4.04. The van der Waals surface area contributed by atoms with Gasteiger partial charge in [0.25, 0.3) is 0 Å². The van der Waals surface area contributed by atoms with Crippen LogP contribution in [-0.4, -0.2) is 46.5 Å². The normalized spacial score (nSPS) is 44.4. The third kappa shape index (κ3) is 1.09. The molecule has 0 radical (unpaired) electrons. The Morgan fingerprint density at radius 3 is 2.82 bits per heavy atom. The zero-order valence-electron chi connectivity index (χ0n) is 6.35. The van der Waals surface area contributed by atoms with Crippen molar-refractivity contribution in [3.05, 3.63) is 12.2 Å². The number of rotatable bonds is 0. The molecule has 0 saturated carbocycles. The molecule has 2 rings (SSSR count). The smallest absolute Gasteiger partial charge is 0.0969 e. The maximum atomic E-state index is 9.47. The van der Waals surface area contributed by atoms with Crippen LogP contribution in [0.15, 0.2) is 12.2 Å². The predicted octanol–water partition coefficient (Wildman–Crippen LogP) is -0.648. The van der Waals surface area contributed by atoms with Crippen LogP contribution in [0.4, 0.5) is 0 Å². The number of hydrogen-bond acceptors (Lipinski definition) is 3. The van der Waals surface area contributed by atoms with E-state index < -0.39 is 12.2 Å². The average Bonchev–Trinajstić information content (AvgIpc) is 2.30. The largest absolute Gasteiger partial charge is 0.389 e. The van der Waals surface area contributed by atoms with Crippen LogP contribution in [0.2, 0.25) is 0 Å². The summed E-state index contributed by atoms with van der Waals surface area (Å²) in [5.41, 5.74) is 0. The number of aliphatic hydroxyl groups excluding tert-OH is 2. The molecule has 2 aliphatic heterocycles. The van der Waals surface area contributed by atoms with Crippen molar-refractivity contribution in [1.82, 2.24) is 4.90 Å². The van der Waals surface area contributed by atoms with Crippen LogP contribution in [-0.2, 0) is 0 Å². The standard InChI is InChI=1S/C8H13NO2/c10-7-5-9-4-2-1-3-6(9)8(7)11/h1-2,6-8,10-11H,3-5H2. The van der Waals surface area contributed by atoms with Gasteiger partial charge in [0.2, 0.25) is 0 Å². The molecule has 0 spiro atoms. The number of aliphatic hydroxyl groups is 2. The van der Waals surface area contributed by atoms with Gasteiger partial charge in [0.05, 0.1) is 12.2 Å². The van der Waals surface area contributed by atoms with Gasteiger partial charge in [-0.15, -0.1) is 0 Å². The maximum Gasteiger partial charge on any atom is 0.0969 e. The highest BCUT2D eigenvalue weighted by atomic mass is 16.3. The third-order valence-electron chi connectivity index (χ3n) is 2.56. The first-order valence-corrected chi connectivity index (χ1v) is 4.04. The molecule has 11 heavy (non-hydrogen) atoms. The van der Waals surface area contributed by atoms with Crippen molar-refractivity contribution in [3.63, 3.8) is 0 Å². The van der Waals surface area contributed by atoms with Crippen LogP contribution < -0.4 is 0 Å². The van der Waals surface area contributed by atoms with Crippen molar-refractivity contribution in [2.24, 2.45) is 0 Å². The summed E-state index contributed by atoms with van der Waals surface area (Å²) < 4.78 is 0. The fourth-order valence-electron chi connectivity index (χ4n) is 1.90. The lowest BCUT2D eigenvalue weighted by atomic mass is 10.1. The van der Waals surface area contributed by atoms with E-state index in [-0.39, 0.29) is 6.04 Å². The van der Waals surface area contributed by atoms with Gasteiger partial charge in [-0.05, 0) is 6.42 Å². The summed E-state index contributed by atoms with van der Waals surface area (Å²) >= 11 is 0. The quantitative estimate of drug-likeness (QED) is 0.457. The zero-order chi connectivity index (χ0) is 7.84. The highest BCUT2D eigenvalue weighted by Crippen LogP contribution is 2.23. The van der Waals surface area contributed by atoms with Crippen molar-refractivity contribution in [1.29, 1.82) is 0 Å². The van der Waals surface area contributed by atoms with Crippen molar-refractivity contribution in [2.75, 3.05) is 13.1 Å². The zero-order valence-corrected chi connectivity index (χ0v) is 6.35. The lowest BCUT2D eigenvalue weighted by molar-refractivity contribution is 0.0380. The van der Waals surface area contributed by atoms with E-state index in [4.69, 9.17) is 0 Å². The number of fused-ring (bicyclic) bond motifs is 1. The molecular weight excluding hydrogens is 142 g/mol. The van der Waals surface area contributed by atoms with E-state index in [1.54, 1.807) is 0 Å². The second kappa shape index (κ2) is 2.59. The lowest BCUT2D eigenvalue weighted by Gasteiger charge is -2.26. The minimum Gasteiger partial charge on any atom is -0.389 e. The van der Waals surface area contributed by atoms with Crippen LogP contribution in [0.1, 0.15) is 6.42 Å². The van der Waals surface area contributed by atoms with Gasteiger partial charge in [-0.25, -0.2) is 0 Å². The van der Waals surface area contributed by atoms with Crippen molar-refractivity contribution in [3.8, 4) is 0 Å². The molecule has 2 N–H and O–H groups in total. The second-order valence-corrected chi connectivity index (χ2v) is 3.29. The van der Waals surface area contributed by atoms with E-state index >= 15 is 0 Å². The molecule has 3 atom stereocenters. The van der Waals surface area contributed by atoms with Gasteiger partial charge >= 0.3 is 0 Å². The fraction of sp³-hybridized carbons (Fsp3) is 0.750. The number of hydrogen-bond donors (Lipinski definition) is 2. The fourth-order valence-corrected chi connectivity index (χ4v) is 1.90. The summed E-state index contributed by atoms with van der Waals surface area (Å²) in [6, 6.07) is 0.162. The molecule has 2 aliphatic rings. The Morgan fingerprint density at radius 1 is 1.27 bits per heavy atom. The molecule has 0 bridgehead atoms. The Labute approximate surface area is 65.9 Å². The monoisotopic (exact) mass is 155 g/mol. The third-order valence-corrected chi connectivity index (χ3v) is 2.56. The van der Waals surface area contributed by atoms with E-state index in [2.05, 4.69) is 17.1 Å². The van der Waals surface area contributed by atoms with Crippen LogP contribution in [0.25, 0.3) is 0 Å². The Hall–Kier alpha value is -0.380. The Morgan fingerprint density at radius 2 is 2.09 bits per heavy atom. The van der Waals surface area contributed by atoms with Gasteiger partial charge in [-0.2, -0.15) is 0 Å². The molecule has 3 nitrogen and oxygen atoms in total. The van der Waals surface area contributed by atoms with E-state index in [1.165, 1.54) is 0 Å². The van der Waals surface area contributed by atoms with E-state index in [1.807, 2.05) is 0 Å². The molecule has 2 heterocycles. The van der Waals surface area contributed by atoms with Crippen molar-refractivity contribution in [2.45, 2.75) is 24.7 Å². The highest BCUT2D eigenvalue weighted by molar-refractivity contribution is 5.04. The molecule has 0 aromatic heterocycles. The van der Waals surface area contributed by atoms with E-state index in [0.717, 1.165) is 13.0 Å². The first-order chi connectivity index (χ1) is 5.29. The van der Waals surface area contributed by atoms with Crippen LogP contribution >= 0.6 is 0 Å². The molecule has 62 valence electrons. The van der Waals surface area contributed by atoms with Gasteiger partial charge in [0, 0.05) is 19.1 Å². The topological polar surface area (TPSA) is 43.7 Å². The molecular formula is C8H13NO2. The Balaban J connectivity index is 2.12. The minimum absolute atomic E-state index is 0.162. The average molecular weight is 155 g/mol. The van der Waals surface area contributed by atoms with Crippen molar-refractivity contribution < 1.29 is 10.2 Å². The van der Waals surface area contributed by atoms with Gasteiger partial charge in [-0.3, -0.25) is 4.90 Å². The van der Waals surface area contributed by atoms with Crippen LogP contribution in [0.5, 0.6) is 0 Å². The van der Waals surface area contributed by atoms with Crippen LogP contribution in [0, 0.1) is 0 Å². The summed E-state index contributed by atoms with van der Waals surface area (Å²) in [7, 11) is 0. The molecule has 3 unspecified atom stereocenters. The summed E-state index contributed by atoms with van der Waals surface area (Å²) in [4.78, 5) is 2.12. The van der Waals surface area contributed by atoms with E-state index in [0.29, 0.717) is 6.54 Å². The highest BCUT2D eigenvalue weighted by Gasteiger charge is 2.39. The second-order valence-electron chi connectivity index (χ2n) is 3.29. The SMILES string of the molecule is OC1CN2CC=CCC2C1O. The Kier molecular flexibility index (Phi) is 1.71. The molecule has 0 amide bonds. The molecule has 0 aromatic carbocycles. The summed E-state index contributed by atoms with van der Waals surface area (Å²) in [6.45, 7) is 1.50. The minimum atomic E-state index is -0.542. The molecule has 3 heteroatoms. The van der Waals surface area contributed by atoms with Gasteiger partial charge in [-0.1, -0.05) is 12.2 Å². The van der Waals surface area contributed by atoms with Gasteiger partial charge in [0.1, 0.15) is 0 Å². The maximum absolute atomic E-state index is 9.47. The molecule has 0 aliphatic carbocycles. The summed E-state index contributed by atoms with van der Waals surface area (Å²) in [5.74, 6) is 0. The molecule has 0 aromatic rings. The van der Waals surface area contributed by atoms with Crippen LogP contribution in [0.3, 0.4) is 0 Å². The van der Waals surface area contributed by atoms with Gasteiger partial charge in [0.15, 0.2) is 0 Å². The molecule has 1 saturated heterocycles. The predicted molar refractivity (Wildman–Crippen MR) is 41.1 cm³/mol. The summed E-state index contributed by atoms with van der Waals surface area (Å²) in [5, 5.41) is 18.8. The van der Waals surface area contributed by atoms with E-state index in [9.17, 15) is 10.2 Å². The van der Waals surface area contributed by atoms with Crippen molar-refractivity contribution >= 4 is 0 Å². The Bertz CT molecular complexity index is 181. The molecule has 1 fully saturated rings. The van der Waals surface area contributed by atoms with Gasteiger partial charge < -0.3 is 10.2 Å². The summed E-state index contributed by atoms with van der Waals surface area (Å²) in [6.07, 6.45) is 3.95.